The van der Waals surface area contributed by atoms with Gasteiger partial charge in [0.2, 0.25) is 5.91 Å². The van der Waals surface area contributed by atoms with Crippen molar-refractivity contribution in [1.29, 1.82) is 0 Å². The number of aliphatic carboxylic acids is 1. The number of carboxylic acids is 1. The Morgan fingerprint density at radius 3 is 2.52 bits per heavy atom. The molecule has 0 bridgehead atoms. The van der Waals surface area contributed by atoms with Crippen LogP contribution in [0.25, 0.3) is 0 Å². The molecule has 4 nitrogen and oxygen atoms in total. The van der Waals surface area contributed by atoms with Gasteiger partial charge < -0.3 is 10.4 Å². The van der Waals surface area contributed by atoms with Crippen LogP contribution in [0, 0.1) is 0 Å². The molecule has 0 saturated heterocycles. The van der Waals surface area contributed by atoms with Gasteiger partial charge in [-0.1, -0.05) is 43.0 Å². The number of hydrogen-bond donors (Lipinski definition) is 2. The molecule has 0 fully saturated rings. The van der Waals surface area contributed by atoms with E-state index in [0.29, 0.717) is 18.0 Å². The number of unbranched alkanes of at least 4 members (excludes halogenated alkanes) is 4. The van der Waals surface area contributed by atoms with E-state index in [2.05, 4.69) is 5.32 Å². The van der Waals surface area contributed by atoms with Gasteiger partial charge >= 0.3 is 5.97 Å². The number of hydrogen-bond acceptors (Lipinski definition) is 2. The molecule has 1 amide bonds. The fraction of sp³-hybridized carbons (Fsp3) is 0.500. The SMILES string of the molecule is O=C(O)CCCCCCCNC(=O)Cc1cccc(Cl)c1. The summed E-state index contributed by atoms with van der Waals surface area (Å²) in [4.78, 5) is 22.0. The highest BCUT2D eigenvalue weighted by Crippen LogP contribution is 2.11. The van der Waals surface area contributed by atoms with Crippen molar-refractivity contribution < 1.29 is 14.7 Å². The first kappa shape index (κ1) is 17.5. The monoisotopic (exact) mass is 311 g/mol. The van der Waals surface area contributed by atoms with Crippen LogP contribution in [0.1, 0.15) is 44.1 Å². The van der Waals surface area contributed by atoms with Crippen molar-refractivity contribution in [3.05, 3.63) is 34.9 Å². The highest BCUT2D eigenvalue weighted by atomic mass is 35.5. The molecule has 1 aromatic carbocycles. The second-order valence-corrected chi connectivity index (χ2v) is 5.50. The van der Waals surface area contributed by atoms with E-state index in [9.17, 15) is 9.59 Å². The van der Waals surface area contributed by atoms with Crippen LogP contribution in [0.5, 0.6) is 0 Å². The van der Waals surface area contributed by atoms with Crippen LogP contribution in [0.15, 0.2) is 24.3 Å². The molecule has 0 saturated carbocycles. The first-order valence-electron chi connectivity index (χ1n) is 7.31. The number of rotatable bonds is 10. The lowest BCUT2D eigenvalue weighted by molar-refractivity contribution is -0.137. The molecular formula is C16H22ClNO3. The number of carbonyl (C=O) groups is 2. The van der Waals surface area contributed by atoms with E-state index in [4.69, 9.17) is 16.7 Å². The molecule has 0 unspecified atom stereocenters. The van der Waals surface area contributed by atoms with E-state index in [0.717, 1.165) is 37.7 Å². The number of halogens is 1. The minimum Gasteiger partial charge on any atom is -0.481 e. The molecule has 5 heteroatoms. The van der Waals surface area contributed by atoms with Crippen LogP contribution in [0.4, 0.5) is 0 Å². The Morgan fingerprint density at radius 2 is 1.81 bits per heavy atom. The van der Waals surface area contributed by atoms with Gasteiger partial charge in [-0.3, -0.25) is 9.59 Å². The largest absolute Gasteiger partial charge is 0.481 e. The summed E-state index contributed by atoms with van der Waals surface area (Å²) in [6.45, 7) is 0.665. The second-order valence-electron chi connectivity index (χ2n) is 5.07. The van der Waals surface area contributed by atoms with Gasteiger partial charge in [0.1, 0.15) is 0 Å². The van der Waals surface area contributed by atoms with Crippen molar-refractivity contribution in [2.75, 3.05) is 6.54 Å². The maximum absolute atomic E-state index is 11.7. The summed E-state index contributed by atoms with van der Waals surface area (Å²) in [5, 5.41) is 12.0. The van der Waals surface area contributed by atoms with Gasteiger partial charge in [0.05, 0.1) is 6.42 Å². The lowest BCUT2D eigenvalue weighted by atomic mass is 10.1. The Balaban J connectivity index is 2.02. The number of benzene rings is 1. The van der Waals surface area contributed by atoms with Crippen molar-refractivity contribution >= 4 is 23.5 Å². The quantitative estimate of drug-likeness (QED) is 0.651. The van der Waals surface area contributed by atoms with E-state index >= 15 is 0 Å². The molecule has 0 aromatic heterocycles. The minimum atomic E-state index is -0.733. The van der Waals surface area contributed by atoms with E-state index < -0.39 is 5.97 Å². The lowest BCUT2D eigenvalue weighted by Gasteiger charge is -2.05. The summed E-state index contributed by atoms with van der Waals surface area (Å²) in [5.74, 6) is -0.730. The van der Waals surface area contributed by atoms with Gasteiger partial charge in [-0.05, 0) is 30.5 Å². The Hall–Kier alpha value is -1.55. The van der Waals surface area contributed by atoms with Crippen LogP contribution in [-0.4, -0.2) is 23.5 Å². The maximum Gasteiger partial charge on any atom is 0.303 e. The van der Waals surface area contributed by atoms with Crippen LogP contribution >= 0.6 is 11.6 Å². The number of carboxylic acid groups (broad SMARTS) is 1. The van der Waals surface area contributed by atoms with Crippen LogP contribution in [0.2, 0.25) is 5.02 Å². The molecule has 0 atom stereocenters. The smallest absolute Gasteiger partial charge is 0.303 e. The predicted molar refractivity (Wildman–Crippen MR) is 83.5 cm³/mol. The molecule has 0 aliphatic rings. The summed E-state index contributed by atoms with van der Waals surface area (Å²) in [6, 6.07) is 7.30. The number of amides is 1. The first-order chi connectivity index (χ1) is 10.1. The first-order valence-corrected chi connectivity index (χ1v) is 7.68. The Bertz CT molecular complexity index is 463. The summed E-state index contributed by atoms with van der Waals surface area (Å²) < 4.78 is 0. The fourth-order valence-corrected chi connectivity index (χ4v) is 2.27. The molecular weight excluding hydrogens is 290 g/mol. The molecule has 2 N–H and O–H groups in total. The average Bonchev–Trinajstić information content (AvgIpc) is 2.41. The van der Waals surface area contributed by atoms with Gasteiger partial charge in [-0.25, -0.2) is 0 Å². The fourth-order valence-electron chi connectivity index (χ4n) is 2.05. The molecule has 116 valence electrons. The number of nitrogens with one attached hydrogen (secondary N) is 1. The predicted octanol–water partition coefficient (Wildman–Crippen LogP) is 3.42. The number of carbonyl (C=O) groups excluding carboxylic acids is 1. The molecule has 1 aromatic rings. The third kappa shape index (κ3) is 9.08. The second kappa shape index (κ2) is 10.2. The van der Waals surface area contributed by atoms with Gasteiger partial charge in [-0.2, -0.15) is 0 Å². The average molecular weight is 312 g/mol. The van der Waals surface area contributed by atoms with Crippen molar-refractivity contribution in [1.82, 2.24) is 5.32 Å². The third-order valence-corrected chi connectivity index (χ3v) is 3.38. The molecule has 0 aliphatic heterocycles. The van der Waals surface area contributed by atoms with E-state index in [1.165, 1.54) is 0 Å². The molecule has 1 rings (SSSR count). The van der Waals surface area contributed by atoms with Gasteiger partial charge in [-0.15, -0.1) is 0 Å². The van der Waals surface area contributed by atoms with Crippen LogP contribution in [-0.2, 0) is 16.0 Å². The summed E-state index contributed by atoms with van der Waals surface area (Å²) in [6.07, 6.45) is 5.21. The Morgan fingerprint density at radius 1 is 1.10 bits per heavy atom. The highest BCUT2D eigenvalue weighted by molar-refractivity contribution is 6.30. The van der Waals surface area contributed by atoms with Gasteiger partial charge in [0, 0.05) is 18.0 Å². The van der Waals surface area contributed by atoms with E-state index in [1.54, 1.807) is 12.1 Å². The Kier molecular flexibility index (Phi) is 8.51. The van der Waals surface area contributed by atoms with Gasteiger partial charge in [0.25, 0.3) is 0 Å². The lowest BCUT2D eigenvalue weighted by Crippen LogP contribution is -2.26. The van der Waals surface area contributed by atoms with Crippen LogP contribution < -0.4 is 5.32 Å². The van der Waals surface area contributed by atoms with E-state index in [-0.39, 0.29) is 12.3 Å². The molecule has 0 heterocycles. The Labute approximate surface area is 130 Å². The maximum atomic E-state index is 11.7. The van der Waals surface area contributed by atoms with Crippen molar-refractivity contribution in [2.45, 2.75) is 44.9 Å². The normalized spacial score (nSPS) is 10.3. The highest BCUT2D eigenvalue weighted by Gasteiger charge is 2.03. The van der Waals surface area contributed by atoms with Crippen LogP contribution in [0.3, 0.4) is 0 Å². The molecule has 0 aliphatic carbocycles. The van der Waals surface area contributed by atoms with E-state index in [1.807, 2.05) is 12.1 Å². The molecule has 21 heavy (non-hydrogen) atoms. The van der Waals surface area contributed by atoms with Crippen molar-refractivity contribution in [3.8, 4) is 0 Å². The summed E-state index contributed by atoms with van der Waals surface area (Å²) >= 11 is 5.87. The molecule has 0 radical (unpaired) electrons. The minimum absolute atomic E-state index is 0.00291. The zero-order valence-electron chi connectivity index (χ0n) is 12.1. The standard InChI is InChI=1S/C16H22ClNO3/c17-14-8-6-7-13(11-14)12-15(19)18-10-5-3-1-2-4-9-16(20)21/h6-8,11H,1-5,9-10,12H2,(H,18,19)(H,20,21). The molecule has 0 spiro atoms. The summed E-state index contributed by atoms with van der Waals surface area (Å²) in [5.41, 5.74) is 0.911. The topological polar surface area (TPSA) is 66.4 Å². The summed E-state index contributed by atoms with van der Waals surface area (Å²) in [7, 11) is 0. The zero-order valence-corrected chi connectivity index (χ0v) is 12.9. The zero-order chi connectivity index (χ0) is 15.5. The van der Waals surface area contributed by atoms with Gasteiger partial charge in [0.15, 0.2) is 0 Å². The van der Waals surface area contributed by atoms with Crippen molar-refractivity contribution in [3.63, 3.8) is 0 Å². The van der Waals surface area contributed by atoms with Crippen molar-refractivity contribution in [2.24, 2.45) is 0 Å². The third-order valence-electron chi connectivity index (χ3n) is 3.14.